The Bertz CT molecular complexity index is 1620. The number of aromatic nitrogens is 3. The topological polar surface area (TPSA) is 43.0 Å². The van der Waals surface area contributed by atoms with E-state index in [4.69, 9.17) is 4.98 Å². The van der Waals surface area contributed by atoms with Crippen LogP contribution in [0.15, 0.2) is 109 Å². The Morgan fingerprint density at radius 1 is 0.500 bits per heavy atom. The molecule has 162 valence electrons. The fourth-order valence-corrected chi connectivity index (χ4v) is 5.21. The summed E-state index contributed by atoms with van der Waals surface area (Å²) in [5.74, 6) is 1.58. The first-order valence-corrected chi connectivity index (χ1v) is 11.4. The number of aliphatic hydroxyl groups is 1. The first kappa shape index (κ1) is 19.1. The highest BCUT2D eigenvalue weighted by molar-refractivity contribution is 6.10. The number of nitrogens with zero attached hydrogens (tertiary/aromatic N) is 3. The average Bonchev–Trinajstić information content (AvgIpc) is 3.42. The van der Waals surface area contributed by atoms with E-state index in [0.717, 1.165) is 39.3 Å². The Morgan fingerprint density at radius 3 is 1.15 bits per heavy atom. The number of hydrogen-bond donors (Lipinski definition) is 1. The van der Waals surface area contributed by atoms with Crippen LogP contribution in [0, 0.1) is 0 Å². The van der Waals surface area contributed by atoms with Gasteiger partial charge in [0.1, 0.15) is 11.6 Å². The van der Waals surface area contributed by atoms with Crippen LogP contribution >= 0.6 is 0 Å². The normalized spacial score (nSPS) is 11.8. The van der Waals surface area contributed by atoms with Gasteiger partial charge in [0.05, 0.1) is 28.7 Å². The van der Waals surface area contributed by atoms with Crippen molar-refractivity contribution in [2.75, 3.05) is 0 Å². The Kier molecular flexibility index (Phi) is 4.10. The average molecular weight is 440 g/mol. The Balaban J connectivity index is 1.59. The lowest BCUT2D eigenvalue weighted by atomic mass is 10.2. The standard InChI is InChI=1S/C30H21N3O/c34-19-20-17-29(32-25-13-5-1-9-21(25)22-10-2-6-14-26(22)32)31-30(18-20)33-27-15-7-3-11-23(27)24-12-4-8-16-28(24)33/h1-18,34H,19H2. The maximum absolute atomic E-state index is 10.2. The van der Waals surface area contributed by atoms with Crippen LogP contribution in [0.2, 0.25) is 0 Å². The summed E-state index contributed by atoms with van der Waals surface area (Å²) in [4.78, 5) is 5.18. The molecule has 0 spiro atoms. The molecule has 7 aromatic rings. The number of pyridine rings is 1. The van der Waals surface area contributed by atoms with Crippen molar-refractivity contribution >= 4 is 43.6 Å². The minimum Gasteiger partial charge on any atom is -0.392 e. The van der Waals surface area contributed by atoms with Crippen LogP contribution in [0.3, 0.4) is 0 Å². The Labute approximate surface area is 195 Å². The molecule has 3 heterocycles. The maximum Gasteiger partial charge on any atom is 0.140 e. The highest BCUT2D eigenvalue weighted by Gasteiger charge is 2.17. The SMILES string of the molecule is OCc1cc(-n2c3ccccc3c3ccccc32)nc(-n2c3ccccc3c3ccccc32)c1. The Hall–Kier alpha value is -4.41. The molecule has 0 aliphatic carbocycles. The van der Waals surface area contributed by atoms with Crippen molar-refractivity contribution in [2.45, 2.75) is 6.61 Å². The van der Waals surface area contributed by atoms with Gasteiger partial charge in [0.15, 0.2) is 0 Å². The van der Waals surface area contributed by atoms with Crippen molar-refractivity contribution < 1.29 is 5.11 Å². The summed E-state index contributed by atoms with van der Waals surface area (Å²) in [5, 5.41) is 14.9. The van der Waals surface area contributed by atoms with Crippen molar-refractivity contribution in [3.63, 3.8) is 0 Å². The molecule has 0 radical (unpaired) electrons. The van der Waals surface area contributed by atoms with Crippen LogP contribution in [0.5, 0.6) is 0 Å². The van der Waals surface area contributed by atoms with E-state index in [1.807, 2.05) is 12.1 Å². The summed E-state index contributed by atoms with van der Waals surface area (Å²) in [7, 11) is 0. The molecule has 7 rings (SSSR count). The second-order valence-corrected chi connectivity index (χ2v) is 8.59. The van der Waals surface area contributed by atoms with E-state index in [1.54, 1.807) is 0 Å². The summed E-state index contributed by atoms with van der Waals surface area (Å²) in [6.07, 6.45) is 0. The summed E-state index contributed by atoms with van der Waals surface area (Å²) in [6, 6.07) is 37.6. The third-order valence-electron chi connectivity index (χ3n) is 6.66. The van der Waals surface area contributed by atoms with Gasteiger partial charge in [-0.15, -0.1) is 0 Å². The molecular formula is C30H21N3O. The van der Waals surface area contributed by atoms with E-state index >= 15 is 0 Å². The zero-order valence-electron chi connectivity index (χ0n) is 18.4. The van der Waals surface area contributed by atoms with Crippen molar-refractivity contribution in [1.29, 1.82) is 0 Å². The molecule has 0 amide bonds. The minimum atomic E-state index is -0.0587. The van der Waals surface area contributed by atoms with Crippen molar-refractivity contribution in [1.82, 2.24) is 14.1 Å². The van der Waals surface area contributed by atoms with E-state index in [-0.39, 0.29) is 6.61 Å². The molecule has 0 aliphatic rings. The van der Waals surface area contributed by atoms with Gasteiger partial charge >= 0.3 is 0 Å². The monoisotopic (exact) mass is 439 g/mol. The number of benzene rings is 4. The second-order valence-electron chi connectivity index (χ2n) is 8.59. The van der Waals surface area contributed by atoms with Crippen molar-refractivity contribution in [3.8, 4) is 11.6 Å². The zero-order chi connectivity index (χ0) is 22.6. The van der Waals surface area contributed by atoms with E-state index in [0.29, 0.717) is 0 Å². The minimum absolute atomic E-state index is 0.0587. The van der Waals surface area contributed by atoms with Crippen molar-refractivity contribution in [2.24, 2.45) is 0 Å². The van der Waals surface area contributed by atoms with Gasteiger partial charge < -0.3 is 5.11 Å². The fourth-order valence-electron chi connectivity index (χ4n) is 5.21. The van der Waals surface area contributed by atoms with Gasteiger partial charge in [-0.05, 0) is 42.0 Å². The number of para-hydroxylation sites is 4. The highest BCUT2D eigenvalue weighted by atomic mass is 16.3. The number of aliphatic hydroxyl groups excluding tert-OH is 1. The molecule has 4 nitrogen and oxygen atoms in total. The molecule has 0 saturated heterocycles. The van der Waals surface area contributed by atoms with E-state index in [9.17, 15) is 5.11 Å². The van der Waals surface area contributed by atoms with Gasteiger partial charge in [-0.3, -0.25) is 9.13 Å². The Morgan fingerprint density at radius 2 is 0.824 bits per heavy atom. The van der Waals surface area contributed by atoms with Crippen LogP contribution in [-0.2, 0) is 6.61 Å². The van der Waals surface area contributed by atoms with Gasteiger partial charge in [0.25, 0.3) is 0 Å². The molecule has 34 heavy (non-hydrogen) atoms. The van der Waals surface area contributed by atoms with Crippen LogP contribution in [0.4, 0.5) is 0 Å². The molecule has 4 aromatic carbocycles. The third-order valence-corrected chi connectivity index (χ3v) is 6.66. The predicted molar refractivity (Wildman–Crippen MR) is 139 cm³/mol. The van der Waals surface area contributed by atoms with Gasteiger partial charge in [0.2, 0.25) is 0 Å². The lowest BCUT2D eigenvalue weighted by Crippen LogP contribution is -2.05. The molecule has 0 fully saturated rings. The largest absolute Gasteiger partial charge is 0.392 e. The molecule has 0 saturated carbocycles. The molecule has 0 aliphatic heterocycles. The van der Waals surface area contributed by atoms with Gasteiger partial charge in [-0.1, -0.05) is 72.8 Å². The van der Waals surface area contributed by atoms with Gasteiger partial charge in [0, 0.05) is 21.5 Å². The summed E-state index contributed by atoms with van der Waals surface area (Å²) < 4.78 is 4.39. The van der Waals surface area contributed by atoms with Crippen molar-refractivity contribution in [3.05, 3.63) is 115 Å². The van der Waals surface area contributed by atoms with Gasteiger partial charge in [-0.2, -0.15) is 0 Å². The lowest BCUT2D eigenvalue weighted by Gasteiger charge is -2.13. The number of rotatable bonds is 3. The molecule has 0 atom stereocenters. The quantitative estimate of drug-likeness (QED) is 0.330. The third kappa shape index (κ3) is 2.66. The maximum atomic E-state index is 10.2. The predicted octanol–water partition coefficient (Wildman–Crippen LogP) is 6.77. The van der Waals surface area contributed by atoms with Crippen LogP contribution < -0.4 is 0 Å². The van der Waals surface area contributed by atoms with E-state index in [2.05, 4.69) is 106 Å². The summed E-state index contributed by atoms with van der Waals surface area (Å²) >= 11 is 0. The number of hydrogen-bond acceptors (Lipinski definition) is 2. The molecule has 1 N–H and O–H groups in total. The lowest BCUT2D eigenvalue weighted by molar-refractivity contribution is 0.281. The highest BCUT2D eigenvalue weighted by Crippen LogP contribution is 2.34. The van der Waals surface area contributed by atoms with E-state index in [1.165, 1.54) is 21.5 Å². The van der Waals surface area contributed by atoms with E-state index < -0.39 is 0 Å². The molecule has 0 unspecified atom stereocenters. The molecular weight excluding hydrogens is 418 g/mol. The number of fused-ring (bicyclic) bond motifs is 6. The van der Waals surface area contributed by atoms with Crippen LogP contribution in [0.1, 0.15) is 5.56 Å². The second kappa shape index (κ2) is 7.30. The smallest absolute Gasteiger partial charge is 0.140 e. The molecule has 0 bridgehead atoms. The molecule has 4 heteroatoms. The van der Waals surface area contributed by atoms with Crippen LogP contribution in [-0.4, -0.2) is 19.2 Å². The van der Waals surface area contributed by atoms with Gasteiger partial charge in [-0.25, -0.2) is 4.98 Å². The molecule has 3 aromatic heterocycles. The first-order valence-electron chi connectivity index (χ1n) is 11.4. The fraction of sp³-hybridized carbons (Fsp3) is 0.0333. The zero-order valence-corrected chi connectivity index (χ0v) is 18.4. The summed E-state index contributed by atoms with van der Waals surface area (Å²) in [5.41, 5.74) is 5.21. The van der Waals surface area contributed by atoms with Crippen LogP contribution in [0.25, 0.3) is 55.2 Å². The first-order chi connectivity index (χ1) is 16.8. The summed E-state index contributed by atoms with van der Waals surface area (Å²) in [6.45, 7) is -0.0587.